The van der Waals surface area contributed by atoms with Crippen molar-refractivity contribution >= 4 is 23.4 Å². The highest BCUT2D eigenvalue weighted by atomic mass is 16.3. The largest absolute Gasteiger partial charge is 0.508 e. The van der Waals surface area contributed by atoms with Gasteiger partial charge in [-0.3, -0.25) is 24.1 Å². The first-order valence-corrected chi connectivity index (χ1v) is 10.1. The van der Waals surface area contributed by atoms with Crippen molar-refractivity contribution in [2.75, 3.05) is 7.05 Å². The average molecular weight is 403 g/mol. The summed E-state index contributed by atoms with van der Waals surface area (Å²) in [7, 11) is 1.51. The molecule has 6 nitrogen and oxygen atoms in total. The van der Waals surface area contributed by atoms with Crippen molar-refractivity contribution in [2.24, 2.45) is 17.8 Å². The lowest BCUT2D eigenvalue weighted by atomic mass is 9.59. The summed E-state index contributed by atoms with van der Waals surface area (Å²) < 4.78 is 0. The van der Waals surface area contributed by atoms with E-state index in [1.165, 1.54) is 18.0 Å². The molecule has 1 aromatic rings. The van der Waals surface area contributed by atoms with Gasteiger partial charge in [0.2, 0.25) is 11.8 Å². The molecule has 5 rings (SSSR count). The fraction of sp³-hybridized carbons (Fsp3) is 0.333. The number of amides is 2. The number of carbonyl (C=O) groups excluding carboxylic acids is 4. The van der Waals surface area contributed by atoms with Gasteiger partial charge in [-0.15, -0.1) is 0 Å². The lowest BCUT2D eigenvalue weighted by molar-refractivity contribution is -0.138. The zero-order valence-corrected chi connectivity index (χ0v) is 16.7. The molecule has 1 N–H and O–H groups in total. The molecule has 6 heteroatoms. The van der Waals surface area contributed by atoms with E-state index in [0.29, 0.717) is 28.7 Å². The van der Waals surface area contributed by atoms with Gasteiger partial charge in [0.1, 0.15) is 5.75 Å². The smallest absolute Gasteiger partial charge is 0.233 e. The molecule has 0 bridgehead atoms. The van der Waals surface area contributed by atoms with Crippen LogP contribution in [0.1, 0.15) is 31.2 Å². The quantitative estimate of drug-likeness (QED) is 0.442. The Morgan fingerprint density at radius 2 is 1.83 bits per heavy atom. The molecule has 152 valence electrons. The summed E-state index contributed by atoms with van der Waals surface area (Å²) in [6, 6.07) is 6.67. The van der Waals surface area contributed by atoms with Gasteiger partial charge < -0.3 is 5.11 Å². The Bertz CT molecular complexity index is 1140. The number of hydrogen-bond donors (Lipinski definition) is 1. The van der Waals surface area contributed by atoms with Crippen LogP contribution in [0.2, 0.25) is 0 Å². The van der Waals surface area contributed by atoms with Gasteiger partial charge in [-0.1, -0.05) is 23.8 Å². The third-order valence-corrected chi connectivity index (χ3v) is 6.99. The van der Waals surface area contributed by atoms with Gasteiger partial charge >= 0.3 is 0 Å². The Balaban J connectivity index is 1.72. The Hall–Kier alpha value is -3.28. The molecular formula is C24H21NO5. The van der Waals surface area contributed by atoms with Gasteiger partial charge in [-0.2, -0.15) is 0 Å². The summed E-state index contributed by atoms with van der Waals surface area (Å²) in [6.07, 6.45) is 4.06. The van der Waals surface area contributed by atoms with E-state index in [1.54, 1.807) is 25.1 Å². The number of fused-ring (bicyclic) bond motifs is 3. The maximum absolute atomic E-state index is 13.0. The van der Waals surface area contributed by atoms with Gasteiger partial charge in [0.25, 0.3) is 0 Å². The summed E-state index contributed by atoms with van der Waals surface area (Å²) in [4.78, 5) is 52.7. The Morgan fingerprint density at radius 3 is 2.57 bits per heavy atom. The minimum absolute atomic E-state index is 0.0687. The van der Waals surface area contributed by atoms with Crippen LogP contribution in [0.25, 0.3) is 0 Å². The molecule has 1 aliphatic heterocycles. The Morgan fingerprint density at radius 1 is 1.07 bits per heavy atom. The van der Waals surface area contributed by atoms with E-state index in [9.17, 15) is 24.3 Å². The van der Waals surface area contributed by atoms with Crippen LogP contribution in [0, 0.1) is 17.8 Å². The van der Waals surface area contributed by atoms with Gasteiger partial charge in [0, 0.05) is 29.7 Å². The van der Waals surface area contributed by atoms with Crippen molar-refractivity contribution < 1.29 is 24.3 Å². The third kappa shape index (κ3) is 2.43. The molecular weight excluding hydrogens is 382 g/mol. The first-order valence-electron chi connectivity index (χ1n) is 10.1. The second-order valence-electron chi connectivity index (χ2n) is 8.56. The molecule has 0 spiro atoms. The molecule has 2 amide bonds. The van der Waals surface area contributed by atoms with Gasteiger partial charge in [-0.25, -0.2) is 0 Å². The molecule has 1 aromatic carbocycles. The first kappa shape index (κ1) is 18.7. The van der Waals surface area contributed by atoms with Gasteiger partial charge in [0.15, 0.2) is 11.6 Å². The van der Waals surface area contributed by atoms with E-state index in [4.69, 9.17) is 0 Å². The topological polar surface area (TPSA) is 91.8 Å². The monoisotopic (exact) mass is 403 g/mol. The fourth-order valence-electron chi connectivity index (χ4n) is 5.62. The van der Waals surface area contributed by atoms with Gasteiger partial charge in [0.05, 0.1) is 11.8 Å². The number of rotatable bonds is 1. The number of ketones is 2. The molecule has 1 fully saturated rings. The standard InChI is InChI=1S/C24H21NO5/c1-11-8-18(27)21-17(22(11)28)10-16-14(19(21)12-4-3-5-13(26)9-12)6-7-15-20(16)24(30)25(2)23(15)29/h3-6,8-9,15-16,19-20,26H,7,10H2,1-2H3/t15-,16+,19-,20-/m0/s1. The molecule has 3 aliphatic carbocycles. The van der Waals surface area contributed by atoms with Crippen LogP contribution in [-0.4, -0.2) is 40.4 Å². The lowest BCUT2D eigenvalue weighted by Crippen LogP contribution is -2.39. The van der Waals surface area contributed by atoms with Crippen molar-refractivity contribution in [3.63, 3.8) is 0 Å². The number of benzene rings is 1. The van der Waals surface area contributed by atoms with Crippen molar-refractivity contribution in [3.8, 4) is 5.75 Å². The maximum Gasteiger partial charge on any atom is 0.233 e. The number of phenolic OH excluding ortho intramolecular Hbond substituents is 1. The molecule has 4 aliphatic rings. The number of carbonyl (C=O) groups is 4. The minimum Gasteiger partial charge on any atom is -0.508 e. The zero-order valence-electron chi connectivity index (χ0n) is 16.7. The normalized spacial score (nSPS) is 30.7. The van der Waals surface area contributed by atoms with Crippen molar-refractivity contribution in [1.82, 2.24) is 4.90 Å². The summed E-state index contributed by atoms with van der Waals surface area (Å²) in [5.74, 6) is -2.50. The number of aromatic hydroxyl groups is 1. The minimum atomic E-state index is -0.523. The number of hydrogen-bond acceptors (Lipinski definition) is 5. The molecule has 30 heavy (non-hydrogen) atoms. The highest BCUT2D eigenvalue weighted by molar-refractivity contribution is 6.23. The second kappa shape index (κ2) is 6.36. The van der Waals surface area contributed by atoms with Crippen LogP contribution in [0.4, 0.5) is 0 Å². The molecule has 1 heterocycles. The molecule has 0 unspecified atom stereocenters. The van der Waals surface area contributed by atoms with Crippen LogP contribution in [0.15, 0.2) is 58.7 Å². The van der Waals surface area contributed by atoms with E-state index in [2.05, 4.69) is 0 Å². The van der Waals surface area contributed by atoms with E-state index < -0.39 is 17.8 Å². The SMILES string of the molecule is CC1=CC(=O)C2=C(C[C@@H]3C(=CC[C@@H]4C(=O)N(C)C(=O)[C@@H]43)[C@@H]2c2cccc(O)c2)C1=O. The second-order valence-corrected chi connectivity index (χ2v) is 8.56. The number of allylic oxidation sites excluding steroid dienone is 6. The van der Waals surface area contributed by atoms with Crippen molar-refractivity contribution in [2.45, 2.75) is 25.7 Å². The zero-order chi connectivity index (χ0) is 21.3. The summed E-state index contributed by atoms with van der Waals surface area (Å²) in [5, 5.41) is 10.1. The van der Waals surface area contributed by atoms with E-state index in [1.807, 2.05) is 12.1 Å². The number of phenols is 1. The highest BCUT2D eigenvalue weighted by Gasteiger charge is 2.55. The van der Waals surface area contributed by atoms with Crippen LogP contribution >= 0.6 is 0 Å². The van der Waals surface area contributed by atoms with Crippen LogP contribution in [0.3, 0.4) is 0 Å². The van der Waals surface area contributed by atoms with Crippen LogP contribution in [-0.2, 0) is 19.2 Å². The highest BCUT2D eigenvalue weighted by Crippen LogP contribution is 2.54. The summed E-state index contributed by atoms with van der Waals surface area (Å²) >= 11 is 0. The lowest BCUT2D eigenvalue weighted by Gasteiger charge is -2.42. The maximum atomic E-state index is 13.0. The first-order chi connectivity index (χ1) is 14.3. The predicted octanol–water partition coefficient (Wildman–Crippen LogP) is 2.45. The van der Waals surface area contributed by atoms with Crippen LogP contribution < -0.4 is 0 Å². The van der Waals surface area contributed by atoms with Gasteiger partial charge in [-0.05, 0) is 49.5 Å². The Labute approximate surface area is 173 Å². The summed E-state index contributed by atoms with van der Waals surface area (Å²) in [5.41, 5.74) is 2.86. The fourth-order valence-corrected chi connectivity index (χ4v) is 5.62. The molecule has 0 saturated carbocycles. The average Bonchev–Trinajstić information content (AvgIpc) is 2.95. The van der Waals surface area contributed by atoms with Crippen LogP contribution in [0.5, 0.6) is 5.75 Å². The van der Waals surface area contributed by atoms with Crippen molar-refractivity contribution in [3.05, 3.63) is 64.3 Å². The van der Waals surface area contributed by atoms with Crippen molar-refractivity contribution in [1.29, 1.82) is 0 Å². The molecule has 0 radical (unpaired) electrons. The molecule has 0 aromatic heterocycles. The van der Waals surface area contributed by atoms with E-state index >= 15 is 0 Å². The molecule has 4 atom stereocenters. The molecule has 1 saturated heterocycles. The third-order valence-electron chi connectivity index (χ3n) is 6.99. The number of Topliss-reactive ketones (excluding diaryl/α,β-unsaturated/α-hetero) is 1. The van der Waals surface area contributed by atoms with E-state index in [0.717, 1.165) is 5.57 Å². The Kier molecular flexibility index (Phi) is 3.97. The summed E-state index contributed by atoms with van der Waals surface area (Å²) in [6.45, 7) is 1.63. The number of nitrogens with zero attached hydrogens (tertiary/aromatic N) is 1. The number of likely N-dealkylation sites (tertiary alicyclic amines) is 1. The van der Waals surface area contributed by atoms with E-state index in [-0.39, 0.29) is 41.5 Å². The predicted molar refractivity (Wildman–Crippen MR) is 107 cm³/mol. The number of imide groups is 1.